The minimum Gasteiger partial charge on any atom is -0.449 e. The van der Waals surface area contributed by atoms with Crippen molar-refractivity contribution in [2.75, 3.05) is 31.7 Å². The summed E-state index contributed by atoms with van der Waals surface area (Å²) in [5.74, 6) is -4.43. The molecule has 0 aromatic heterocycles. The molecule has 1 heterocycles. The SMILES string of the molecule is O=C(NOCCO)c1cc(CN2CCCOC2=O)c(F)c(F)c1Nc1ccc(I)cc1F. The molecular formula is C20H19F3IN3O5. The smallest absolute Gasteiger partial charge is 0.410 e. The highest BCUT2D eigenvalue weighted by molar-refractivity contribution is 14.1. The predicted molar refractivity (Wildman–Crippen MR) is 116 cm³/mol. The van der Waals surface area contributed by atoms with Crippen molar-refractivity contribution in [3.8, 4) is 0 Å². The Bertz CT molecular complexity index is 1020. The van der Waals surface area contributed by atoms with E-state index in [1.54, 1.807) is 6.07 Å². The van der Waals surface area contributed by atoms with Gasteiger partial charge in [0, 0.05) is 15.7 Å². The molecule has 1 saturated heterocycles. The Kier molecular flexibility index (Phi) is 8.15. The summed E-state index contributed by atoms with van der Waals surface area (Å²) in [4.78, 5) is 30.4. The first-order valence-electron chi connectivity index (χ1n) is 9.49. The van der Waals surface area contributed by atoms with Crippen LogP contribution in [0.25, 0.3) is 0 Å². The van der Waals surface area contributed by atoms with Gasteiger partial charge >= 0.3 is 6.09 Å². The van der Waals surface area contributed by atoms with E-state index in [9.17, 15) is 18.4 Å². The van der Waals surface area contributed by atoms with E-state index in [1.165, 1.54) is 17.0 Å². The van der Waals surface area contributed by atoms with Gasteiger partial charge in [-0.3, -0.25) is 9.63 Å². The fraction of sp³-hybridized carbons (Fsp3) is 0.300. The summed E-state index contributed by atoms with van der Waals surface area (Å²) >= 11 is 1.89. The van der Waals surface area contributed by atoms with Crippen LogP contribution in [-0.4, -0.2) is 48.4 Å². The van der Waals surface area contributed by atoms with Crippen molar-refractivity contribution >= 4 is 46.0 Å². The highest BCUT2D eigenvalue weighted by Gasteiger charge is 2.27. The van der Waals surface area contributed by atoms with E-state index >= 15 is 4.39 Å². The van der Waals surface area contributed by atoms with Gasteiger partial charge in [0.05, 0.1) is 43.3 Å². The molecule has 0 spiro atoms. The normalized spacial score (nSPS) is 13.7. The molecule has 2 aromatic carbocycles. The number of nitrogens with one attached hydrogen (secondary N) is 2. The Hall–Kier alpha value is -2.58. The molecule has 0 saturated carbocycles. The van der Waals surface area contributed by atoms with Crippen LogP contribution in [0.3, 0.4) is 0 Å². The van der Waals surface area contributed by atoms with Crippen LogP contribution in [0.5, 0.6) is 0 Å². The number of benzene rings is 2. The third-order valence-corrected chi connectivity index (χ3v) is 5.16. The van der Waals surface area contributed by atoms with Crippen LogP contribution in [0, 0.1) is 21.0 Å². The number of hydroxylamine groups is 1. The number of ether oxygens (including phenoxy) is 1. The minimum absolute atomic E-state index is 0.179. The summed E-state index contributed by atoms with van der Waals surface area (Å²) in [6, 6.07) is 5.08. The second-order valence-corrected chi connectivity index (χ2v) is 7.97. The molecular weight excluding hydrogens is 546 g/mol. The third kappa shape index (κ3) is 5.61. The summed E-state index contributed by atoms with van der Waals surface area (Å²) < 4.78 is 49.7. The number of hydrogen-bond donors (Lipinski definition) is 3. The van der Waals surface area contributed by atoms with E-state index in [-0.39, 0.29) is 49.7 Å². The van der Waals surface area contributed by atoms with E-state index in [2.05, 4.69) is 5.32 Å². The zero-order valence-corrected chi connectivity index (χ0v) is 18.7. The van der Waals surface area contributed by atoms with Crippen molar-refractivity contribution in [1.29, 1.82) is 0 Å². The highest BCUT2D eigenvalue weighted by atomic mass is 127. The topological polar surface area (TPSA) is 100 Å². The lowest BCUT2D eigenvalue weighted by atomic mass is 10.0. The zero-order valence-electron chi connectivity index (χ0n) is 16.6. The van der Waals surface area contributed by atoms with Gasteiger partial charge in [-0.1, -0.05) is 0 Å². The molecule has 2 aromatic rings. The number of halogens is 4. The molecule has 8 nitrogen and oxygen atoms in total. The van der Waals surface area contributed by atoms with Crippen LogP contribution in [0.4, 0.5) is 29.3 Å². The largest absolute Gasteiger partial charge is 0.449 e. The van der Waals surface area contributed by atoms with E-state index in [4.69, 9.17) is 14.7 Å². The van der Waals surface area contributed by atoms with Crippen LogP contribution in [0.2, 0.25) is 0 Å². The van der Waals surface area contributed by atoms with Crippen LogP contribution < -0.4 is 10.8 Å². The fourth-order valence-electron chi connectivity index (χ4n) is 2.98. The van der Waals surface area contributed by atoms with Crippen molar-refractivity contribution in [2.24, 2.45) is 0 Å². The number of carbonyl (C=O) groups is 2. The van der Waals surface area contributed by atoms with Gasteiger partial charge in [-0.15, -0.1) is 0 Å². The van der Waals surface area contributed by atoms with Gasteiger partial charge in [-0.25, -0.2) is 23.4 Å². The monoisotopic (exact) mass is 565 g/mol. The van der Waals surface area contributed by atoms with Crippen molar-refractivity contribution < 1.29 is 37.4 Å². The van der Waals surface area contributed by atoms with E-state index < -0.39 is 35.1 Å². The van der Waals surface area contributed by atoms with Crippen molar-refractivity contribution in [3.05, 3.63) is 56.4 Å². The number of anilines is 2. The van der Waals surface area contributed by atoms with E-state index in [0.717, 1.165) is 6.07 Å². The molecule has 12 heteroatoms. The van der Waals surface area contributed by atoms with Crippen molar-refractivity contribution in [3.63, 3.8) is 0 Å². The number of amides is 2. The van der Waals surface area contributed by atoms with Gasteiger partial charge in [-0.2, -0.15) is 0 Å². The summed E-state index contributed by atoms with van der Waals surface area (Å²) in [6.07, 6.45) is -0.166. The summed E-state index contributed by atoms with van der Waals surface area (Å²) in [5.41, 5.74) is 0.551. The molecule has 3 rings (SSSR count). The van der Waals surface area contributed by atoms with Crippen molar-refractivity contribution in [1.82, 2.24) is 10.4 Å². The molecule has 2 amide bonds. The predicted octanol–water partition coefficient (Wildman–Crippen LogP) is 3.45. The average molecular weight is 565 g/mol. The third-order valence-electron chi connectivity index (χ3n) is 4.49. The number of carbonyl (C=O) groups excluding carboxylic acids is 2. The molecule has 3 N–H and O–H groups in total. The lowest BCUT2D eigenvalue weighted by Crippen LogP contribution is -2.37. The molecule has 32 heavy (non-hydrogen) atoms. The molecule has 1 aliphatic rings. The number of aliphatic hydroxyl groups excluding tert-OH is 1. The molecule has 0 bridgehead atoms. The minimum atomic E-state index is -1.43. The maximum atomic E-state index is 15.1. The average Bonchev–Trinajstić information content (AvgIpc) is 2.76. The lowest BCUT2D eigenvalue weighted by molar-refractivity contribution is 0.0168. The van der Waals surface area contributed by atoms with Gasteiger partial charge in [-0.05, 0) is 53.3 Å². The number of rotatable bonds is 8. The van der Waals surface area contributed by atoms with Crippen LogP contribution >= 0.6 is 22.6 Å². The Balaban J connectivity index is 2.00. The maximum Gasteiger partial charge on any atom is 0.410 e. The first kappa shape index (κ1) is 24.1. The Morgan fingerprint density at radius 3 is 2.72 bits per heavy atom. The fourth-order valence-corrected chi connectivity index (χ4v) is 3.44. The lowest BCUT2D eigenvalue weighted by Gasteiger charge is -2.27. The Morgan fingerprint density at radius 2 is 2.03 bits per heavy atom. The van der Waals surface area contributed by atoms with Crippen molar-refractivity contribution in [2.45, 2.75) is 13.0 Å². The Labute approximate surface area is 194 Å². The van der Waals surface area contributed by atoms with Crippen LogP contribution in [-0.2, 0) is 16.1 Å². The summed E-state index contributed by atoms with van der Waals surface area (Å²) in [7, 11) is 0. The number of cyclic esters (lactones) is 1. The van der Waals surface area contributed by atoms with E-state index in [1.807, 2.05) is 28.1 Å². The second kappa shape index (κ2) is 10.8. The maximum absolute atomic E-state index is 15.1. The first-order chi connectivity index (χ1) is 15.3. The molecule has 1 aliphatic heterocycles. The summed E-state index contributed by atoms with van der Waals surface area (Å²) in [5, 5.41) is 11.2. The highest BCUT2D eigenvalue weighted by Crippen LogP contribution is 2.31. The number of hydrogen-bond acceptors (Lipinski definition) is 6. The summed E-state index contributed by atoms with van der Waals surface area (Å²) in [6.45, 7) is -0.464. The van der Waals surface area contributed by atoms with Crippen LogP contribution in [0.15, 0.2) is 24.3 Å². The number of nitrogens with zero attached hydrogens (tertiary/aromatic N) is 1. The van der Waals surface area contributed by atoms with Gasteiger partial charge < -0.3 is 20.1 Å². The molecule has 0 unspecified atom stereocenters. The second-order valence-electron chi connectivity index (χ2n) is 6.73. The van der Waals surface area contributed by atoms with Crippen LogP contribution in [0.1, 0.15) is 22.3 Å². The molecule has 0 radical (unpaired) electrons. The molecule has 1 fully saturated rings. The molecule has 172 valence electrons. The number of aliphatic hydroxyl groups is 1. The standard InChI is InChI=1S/C20H19F3IN3O5/c21-14-9-12(24)2-3-15(14)25-18-13(19(29)26-32-7-5-28)8-11(16(22)17(18)23)10-27-4-1-6-31-20(27)30/h2-3,8-9,25,28H,1,4-7,10H2,(H,26,29). The van der Waals surface area contributed by atoms with Gasteiger partial charge in [0.15, 0.2) is 11.6 Å². The first-order valence-corrected chi connectivity index (χ1v) is 10.6. The van der Waals surface area contributed by atoms with Gasteiger partial charge in [0.1, 0.15) is 5.82 Å². The quantitative estimate of drug-likeness (QED) is 0.258. The molecule has 0 atom stereocenters. The van der Waals surface area contributed by atoms with E-state index in [0.29, 0.717) is 9.99 Å². The zero-order chi connectivity index (χ0) is 23.3. The molecule has 0 aliphatic carbocycles. The van der Waals surface area contributed by atoms with Gasteiger partial charge in [0.25, 0.3) is 5.91 Å². The Morgan fingerprint density at radius 1 is 1.25 bits per heavy atom. The van der Waals surface area contributed by atoms with Gasteiger partial charge in [0.2, 0.25) is 0 Å².